The summed E-state index contributed by atoms with van der Waals surface area (Å²) in [6, 6.07) is 7.35. The van der Waals surface area contributed by atoms with Gasteiger partial charge in [0.05, 0.1) is 32.8 Å². The molecular weight excluding hydrogens is 324 g/mol. The molecular formula is C18H26N2O5. The van der Waals surface area contributed by atoms with E-state index in [1.165, 1.54) is 0 Å². The van der Waals surface area contributed by atoms with Crippen LogP contribution in [-0.2, 0) is 25.6 Å². The normalized spacial score (nSPS) is 20.8. The van der Waals surface area contributed by atoms with Gasteiger partial charge in [-0.25, -0.2) is 0 Å². The molecule has 2 amide bonds. The van der Waals surface area contributed by atoms with Gasteiger partial charge in [-0.15, -0.1) is 0 Å². The highest BCUT2D eigenvalue weighted by Gasteiger charge is 2.38. The molecule has 1 fully saturated rings. The van der Waals surface area contributed by atoms with Crippen molar-refractivity contribution in [3.63, 3.8) is 0 Å². The van der Waals surface area contributed by atoms with Crippen molar-refractivity contribution in [2.24, 2.45) is 0 Å². The maximum absolute atomic E-state index is 12.9. The summed E-state index contributed by atoms with van der Waals surface area (Å²) in [5.41, 5.74) is 0.667. The fourth-order valence-electron chi connectivity index (χ4n) is 2.91. The van der Waals surface area contributed by atoms with E-state index in [0.29, 0.717) is 31.9 Å². The number of nitrogens with zero attached hydrogens (tertiary/aromatic N) is 1. The summed E-state index contributed by atoms with van der Waals surface area (Å²) in [4.78, 5) is 26.5. The molecule has 1 atom stereocenters. The predicted molar refractivity (Wildman–Crippen MR) is 92.3 cm³/mol. The van der Waals surface area contributed by atoms with Gasteiger partial charge in [0.2, 0.25) is 5.91 Å². The van der Waals surface area contributed by atoms with Crippen molar-refractivity contribution in [2.75, 3.05) is 47.6 Å². The Balaban J connectivity index is 2.20. The van der Waals surface area contributed by atoms with E-state index in [1.54, 1.807) is 32.2 Å². The van der Waals surface area contributed by atoms with Gasteiger partial charge in [-0.05, 0) is 17.7 Å². The molecule has 0 aliphatic carbocycles. The van der Waals surface area contributed by atoms with E-state index in [-0.39, 0.29) is 24.8 Å². The molecule has 25 heavy (non-hydrogen) atoms. The van der Waals surface area contributed by atoms with Gasteiger partial charge in [-0.3, -0.25) is 9.59 Å². The van der Waals surface area contributed by atoms with E-state index in [9.17, 15) is 9.59 Å². The fraction of sp³-hybridized carbons (Fsp3) is 0.556. The van der Waals surface area contributed by atoms with Crippen molar-refractivity contribution in [3.8, 4) is 0 Å². The van der Waals surface area contributed by atoms with Crippen molar-refractivity contribution in [2.45, 2.75) is 18.6 Å². The number of methoxy groups -OCH3 is 2. The molecule has 7 heteroatoms. The number of hydrogen-bond donors (Lipinski definition) is 1. The zero-order chi connectivity index (χ0) is 18.3. The first-order valence-electron chi connectivity index (χ1n) is 8.24. The highest BCUT2D eigenvalue weighted by molar-refractivity contribution is 5.94. The lowest BCUT2D eigenvalue weighted by Gasteiger charge is -2.33. The molecule has 1 heterocycles. The predicted octanol–water partition coefficient (Wildman–Crippen LogP) is 0.827. The van der Waals surface area contributed by atoms with E-state index in [0.717, 1.165) is 5.56 Å². The maximum atomic E-state index is 12.9. The SMILES string of the molecule is CNC(=O)C[C@]1(OC)COCCN(C(=O)c2cccc(COC)c2)C1. The quantitative estimate of drug-likeness (QED) is 0.822. The average Bonchev–Trinajstić information content (AvgIpc) is 2.84. The standard InChI is InChI=1S/C18H26N2O5/c1-19-16(21)10-18(24-3)12-20(7-8-25-13-18)17(22)15-6-4-5-14(9-15)11-23-2/h4-6,9H,7-8,10-13H2,1-3H3,(H,19,21)/t18-/m1/s1. The second kappa shape index (κ2) is 8.94. The number of ether oxygens (including phenoxy) is 3. The summed E-state index contributed by atoms with van der Waals surface area (Å²) < 4.78 is 16.3. The van der Waals surface area contributed by atoms with E-state index in [1.807, 2.05) is 18.2 Å². The van der Waals surface area contributed by atoms with Gasteiger partial charge < -0.3 is 24.4 Å². The van der Waals surface area contributed by atoms with Crippen molar-refractivity contribution >= 4 is 11.8 Å². The number of carbonyl (C=O) groups is 2. The molecule has 0 saturated carbocycles. The summed E-state index contributed by atoms with van der Waals surface area (Å²) in [6.07, 6.45) is 0.132. The van der Waals surface area contributed by atoms with Crippen LogP contribution in [0.1, 0.15) is 22.3 Å². The molecule has 1 N–H and O–H groups in total. The zero-order valence-electron chi connectivity index (χ0n) is 15.0. The Bertz CT molecular complexity index is 607. The molecule has 1 aromatic rings. The third-order valence-corrected chi connectivity index (χ3v) is 4.32. The minimum atomic E-state index is -0.851. The molecule has 0 radical (unpaired) electrons. The highest BCUT2D eigenvalue weighted by atomic mass is 16.5. The second-order valence-electron chi connectivity index (χ2n) is 6.15. The molecule has 0 unspecified atom stereocenters. The van der Waals surface area contributed by atoms with E-state index < -0.39 is 5.60 Å². The van der Waals surface area contributed by atoms with Crippen LogP contribution >= 0.6 is 0 Å². The number of benzene rings is 1. The van der Waals surface area contributed by atoms with Crippen molar-refractivity contribution < 1.29 is 23.8 Å². The Morgan fingerprint density at radius 3 is 2.84 bits per heavy atom. The molecule has 1 aromatic carbocycles. The van der Waals surface area contributed by atoms with Crippen LogP contribution in [0.4, 0.5) is 0 Å². The van der Waals surface area contributed by atoms with Crippen LogP contribution in [0.2, 0.25) is 0 Å². The van der Waals surface area contributed by atoms with Crippen molar-refractivity contribution in [1.82, 2.24) is 10.2 Å². The monoisotopic (exact) mass is 350 g/mol. The van der Waals surface area contributed by atoms with E-state index >= 15 is 0 Å². The van der Waals surface area contributed by atoms with Crippen molar-refractivity contribution in [3.05, 3.63) is 35.4 Å². The van der Waals surface area contributed by atoms with Gasteiger partial charge >= 0.3 is 0 Å². The molecule has 7 nitrogen and oxygen atoms in total. The van der Waals surface area contributed by atoms with Crippen LogP contribution in [0.3, 0.4) is 0 Å². The van der Waals surface area contributed by atoms with Gasteiger partial charge in [0.1, 0.15) is 5.60 Å². The van der Waals surface area contributed by atoms with Crippen LogP contribution in [0.25, 0.3) is 0 Å². The lowest BCUT2D eigenvalue weighted by atomic mass is 9.98. The van der Waals surface area contributed by atoms with Gasteiger partial charge in [-0.1, -0.05) is 12.1 Å². The topological polar surface area (TPSA) is 77.1 Å². The average molecular weight is 350 g/mol. The number of carbonyl (C=O) groups excluding carboxylic acids is 2. The van der Waals surface area contributed by atoms with Gasteiger partial charge in [-0.2, -0.15) is 0 Å². The molecule has 0 aromatic heterocycles. The maximum Gasteiger partial charge on any atom is 0.254 e. The van der Waals surface area contributed by atoms with Crippen LogP contribution in [0, 0.1) is 0 Å². The smallest absolute Gasteiger partial charge is 0.254 e. The summed E-state index contributed by atoms with van der Waals surface area (Å²) in [5, 5.41) is 2.60. The fourth-order valence-corrected chi connectivity index (χ4v) is 2.91. The Hall–Kier alpha value is -1.96. The van der Waals surface area contributed by atoms with E-state index in [4.69, 9.17) is 14.2 Å². The van der Waals surface area contributed by atoms with Crippen molar-refractivity contribution in [1.29, 1.82) is 0 Å². The minimum Gasteiger partial charge on any atom is -0.380 e. The summed E-state index contributed by atoms with van der Waals surface area (Å²) in [7, 11) is 4.74. The lowest BCUT2D eigenvalue weighted by Crippen LogP contribution is -2.50. The molecule has 2 rings (SSSR count). The molecule has 1 aliphatic rings. The largest absolute Gasteiger partial charge is 0.380 e. The van der Waals surface area contributed by atoms with Crippen LogP contribution in [-0.4, -0.2) is 69.9 Å². The third kappa shape index (κ3) is 5.01. The minimum absolute atomic E-state index is 0.109. The molecule has 0 spiro atoms. The molecule has 0 bridgehead atoms. The first-order valence-corrected chi connectivity index (χ1v) is 8.24. The number of nitrogens with one attached hydrogen (secondary N) is 1. The molecule has 1 aliphatic heterocycles. The Morgan fingerprint density at radius 1 is 1.36 bits per heavy atom. The van der Waals surface area contributed by atoms with Gasteiger partial charge in [0.25, 0.3) is 5.91 Å². The third-order valence-electron chi connectivity index (χ3n) is 4.32. The first kappa shape index (κ1) is 19.4. The summed E-state index contributed by atoms with van der Waals surface area (Å²) in [5.74, 6) is -0.261. The molecule has 1 saturated heterocycles. The Morgan fingerprint density at radius 2 is 2.16 bits per heavy atom. The first-order chi connectivity index (χ1) is 12.0. The molecule has 138 valence electrons. The van der Waals surface area contributed by atoms with Gasteiger partial charge in [0, 0.05) is 33.4 Å². The summed E-state index contributed by atoms with van der Waals surface area (Å²) in [6.45, 7) is 1.87. The zero-order valence-corrected chi connectivity index (χ0v) is 15.0. The lowest BCUT2D eigenvalue weighted by molar-refractivity contribution is -0.131. The van der Waals surface area contributed by atoms with Gasteiger partial charge in [0.15, 0.2) is 0 Å². The number of hydrogen-bond acceptors (Lipinski definition) is 5. The Labute approximate surface area is 148 Å². The van der Waals surface area contributed by atoms with Crippen LogP contribution < -0.4 is 5.32 Å². The second-order valence-corrected chi connectivity index (χ2v) is 6.15. The van der Waals surface area contributed by atoms with Crippen LogP contribution in [0.15, 0.2) is 24.3 Å². The Kier molecular flexibility index (Phi) is 6.92. The number of amides is 2. The van der Waals surface area contributed by atoms with Crippen LogP contribution in [0.5, 0.6) is 0 Å². The summed E-state index contributed by atoms with van der Waals surface area (Å²) >= 11 is 0. The van der Waals surface area contributed by atoms with E-state index in [2.05, 4.69) is 5.32 Å². The highest BCUT2D eigenvalue weighted by Crippen LogP contribution is 2.22. The number of rotatable bonds is 6.